The molecule has 0 heterocycles. The largest absolute Gasteiger partial charge is 0.399 e. The van der Waals surface area contributed by atoms with Gasteiger partial charge >= 0.3 is 0 Å². The molecule has 0 radical (unpaired) electrons. The van der Waals surface area contributed by atoms with Crippen LogP contribution < -0.4 is 5.73 Å². The van der Waals surface area contributed by atoms with Crippen LogP contribution in [0.3, 0.4) is 0 Å². The molecule has 4 heteroatoms. The molecule has 1 fully saturated rings. The van der Waals surface area contributed by atoms with Crippen molar-refractivity contribution in [2.75, 3.05) is 5.73 Å². The number of hydrogen-bond acceptors (Lipinski definition) is 3. The highest BCUT2D eigenvalue weighted by Crippen LogP contribution is 2.26. The zero-order valence-corrected chi connectivity index (χ0v) is 10.7. The van der Waals surface area contributed by atoms with Crippen LogP contribution in [0.5, 0.6) is 0 Å². The van der Waals surface area contributed by atoms with Crippen LogP contribution in [0.15, 0.2) is 24.3 Å². The number of hydrogen-bond donors (Lipinski definition) is 1. The van der Waals surface area contributed by atoms with Crippen molar-refractivity contribution >= 4 is 15.5 Å². The van der Waals surface area contributed by atoms with Crippen molar-refractivity contribution in [1.82, 2.24) is 0 Å². The van der Waals surface area contributed by atoms with E-state index in [4.69, 9.17) is 5.73 Å². The number of rotatable bonds is 3. The standard InChI is InChI=1S/C13H19NO2S/c14-12-8-6-11(7-9-12)10-17(15,16)13-4-2-1-3-5-13/h6-9,13H,1-5,10,14H2. The van der Waals surface area contributed by atoms with E-state index in [0.717, 1.165) is 31.2 Å². The summed E-state index contributed by atoms with van der Waals surface area (Å²) in [5.74, 6) is 0.151. The lowest BCUT2D eigenvalue weighted by atomic mass is 10.0. The van der Waals surface area contributed by atoms with E-state index in [0.29, 0.717) is 5.69 Å². The van der Waals surface area contributed by atoms with E-state index in [2.05, 4.69) is 0 Å². The maximum absolute atomic E-state index is 12.2. The molecule has 3 nitrogen and oxygen atoms in total. The molecule has 1 aliphatic carbocycles. The van der Waals surface area contributed by atoms with Crippen molar-refractivity contribution in [3.63, 3.8) is 0 Å². The van der Waals surface area contributed by atoms with Gasteiger partial charge in [-0.3, -0.25) is 0 Å². The van der Waals surface area contributed by atoms with Crippen molar-refractivity contribution in [3.8, 4) is 0 Å². The minimum atomic E-state index is -2.99. The molecule has 0 atom stereocenters. The average molecular weight is 253 g/mol. The Morgan fingerprint density at radius 2 is 1.65 bits per heavy atom. The summed E-state index contributed by atoms with van der Waals surface area (Å²) in [6.07, 6.45) is 4.93. The summed E-state index contributed by atoms with van der Waals surface area (Å²) >= 11 is 0. The summed E-state index contributed by atoms with van der Waals surface area (Å²) in [6, 6.07) is 7.11. The number of benzene rings is 1. The van der Waals surface area contributed by atoms with E-state index in [1.165, 1.54) is 6.42 Å². The number of nitrogens with two attached hydrogens (primary N) is 1. The van der Waals surface area contributed by atoms with Crippen molar-refractivity contribution < 1.29 is 8.42 Å². The Kier molecular flexibility index (Phi) is 3.72. The van der Waals surface area contributed by atoms with Crippen LogP contribution in [0.4, 0.5) is 5.69 Å². The highest BCUT2D eigenvalue weighted by Gasteiger charge is 2.27. The first-order valence-corrected chi connectivity index (χ1v) is 7.85. The quantitative estimate of drug-likeness (QED) is 0.842. The zero-order valence-electron chi connectivity index (χ0n) is 9.93. The molecular formula is C13H19NO2S. The molecule has 2 rings (SSSR count). The lowest BCUT2D eigenvalue weighted by Crippen LogP contribution is -2.25. The normalized spacial score (nSPS) is 18.1. The van der Waals surface area contributed by atoms with E-state index in [-0.39, 0.29) is 11.0 Å². The first kappa shape index (κ1) is 12.4. The fourth-order valence-electron chi connectivity index (χ4n) is 2.39. The Labute approximate surface area is 103 Å². The van der Waals surface area contributed by atoms with E-state index in [9.17, 15) is 8.42 Å². The molecule has 17 heavy (non-hydrogen) atoms. The fraction of sp³-hybridized carbons (Fsp3) is 0.538. The summed E-state index contributed by atoms with van der Waals surface area (Å²) in [5.41, 5.74) is 7.09. The molecule has 0 bridgehead atoms. The highest BCUT2D eigenvalue weighted by atomic mass is 32.2. The van der Waals surface area contributed by atoms with E-state index >= 15 is 0 Å². The number of anilines is 1. The minimum Gasteiger partial charge on any atom is -0.399 e. The molecule has 1 aromatic carbocycles. The molecule has 0 spiro atoms. The van der Waals surface area contributed by atoms with Gasteiger partial charge < -0.3 is 5.73 Å². The van der Waals surface area contributed by atoms with Crippen LogP contribution in [0.1, 0.15) is 37.7 Å². The molecular weight excluding hydrogens is 234 g/mol. The van der Waals surface area contributed by atoms with E-state index in [1.54, 1.807) is 24.3 Å². The highest BCUT2D eigenvalue weighted by molar-refractivity contribution is 7.91. The topological polar surface area (TPSA) is 60.2 Å². The molecule has 1 aliphatic rings. The lowest BCUT2D eigenvalue weighted by Gasteiger charge is -2.21. The van der Waals surface area contributed by atoms with Crippen molar-refractivity contribution in [1.29, 1.82) is 0 Å². The SMILES string of the molecule is Nc1ccc(CS(=O)(=O)C2CCCCC2)cc1. The predicted molar refractivity (Wildman–Crippen MR) is 70.4 cm³/mol. The monoisotopic (exact) mass is 253 g/mol. The summed E-state index contributed by atoms with van der Waals surface area (Å²) < 4.78 is 24.4. The minimum absolute atomic E-state index is 0.131. The van der Waals surface area contributed by atoms with Crippen LogP contribution in [-0.4, -0.2) is 13.7 Å². The number of nitrogen functional groups attached to an aromatic ring is 1. The van der Waals surface area contributed by atoms with Crippen LogP contribution in [0.25, 0.3) is 0 Å². The molecule has 1 aromatic rings. The Morgan fingerprint density at radius 1 is 1.06 bits per heavy atom. The lowest BCUT2D eigenvalue weighted by molar-refractivity contribution is 0.483. The van der Waals surface area contributed by atoms with Gasteiger partial charge in [-0.05, 0) is 30.5 Å². The summed E-state index contributed by atoms with van der Waals surface area (Å²) in [5, 5.41) is -0.131. The predicted octanol–water partition coefficient (Wildman–Crippen LogP) is 2.52. The van der Waals surface area contributed by atoms with E-state index in [1.807, 2.05) is 0 Å². The maximum Gasteiger partial charge on any atom is 0.157 e. The van der Waals surface area contributed by atoms with Crippen LogP contribution in [0.2, 0.25) is 0 Å². The van der Waals surface area contributed by atoms with Gasteiger partial charge in [0, 0.05) is 5.69 Å². The second kappa shape index (κ2) is 5.08. The van der Waals surface area contributed by atoms with Gasteiger partial charge in [-0.15, -0.1) is 0 Å². The molecule has 94 valence electrons. The van der Waals surface area contributed by atoms with Crippen molar-refractivity contribution in [2.24, 2.45) is 0 Å². The maximum atomic E-state index is 12.2. The van der Waals surface area contributed by atoms with Crippen molar-refractivity contribution in [2.45, 2.75) is 43.1 Å². The number of sulfone groups is 1. The molecule has 0 unspecified atom stereocenters. The van der Waals surface area contributed by atoms with Gasteiger partial charge in [0.2, 0.25) is 0 Å². The molecule has 0 aromatic heterocycles. The molecule has 2 N–H and O–H groups in total. The Balaban J connectivity index is 2.08. The van der Waals surface area contributed by atoms with E-state index < -0.39 is 9.84 Å². The Hall–Kier alpha value is -1.03. The molecule has 0 amide bonds. The van der Waals surface area contributed by atoms with Crippen molar-refractivity contribution in [3.05, 3.63) is 29.8 Å². The second-order valence-corrected chi connectivity index (χ2v) is 7.09. The first-order chi connectivity index (χ1) is 8.08. The fourth-order valence-corrected chi connectivity index (χ4v) is 4.33. The third-order valence-corrected chi connectivity index (χ3v) is 5.63. The zero-order chi connectivity index (χ0) is 12.3. The summed E-state index contributed by atoms with van der Waals surface area (Å²) in [6.45, 7) is 0. The van der Waals surface area contributed by atoms with Gasteiger partial charge in [0.25, 0.3) is 0 Å². The second-order valence-electron chi connectivity index (χ2n) is 4.81. The van der Waals surface area contributed by atoms with Crippen LogP contribution in [-0.2, 0) is 15.6 Å². The molecule has 0 saturated heterocycles. The molecule has 0 aliphatic heterocycles. The summed E-state index contributed by atoms with van der Waals surface area (Å²) in [7, 11) is -2.99. The smallest absolute Gasteiger partial charge is 0.157 e. The Morgan fingerprint density at radius 3 is 2.24 bits per heavy atom. The third-order valence-electron chi connectivity index (χ3n) is 3.41. The van der Waals surface area contributed by atoms with Gasteiger partial charge in [-0.2, -0.15) is 0 Å². The first-order valence-electron chi connectivity index (χ1n) is 6.14. The van der Waals surface area contributed by atoms with Crippen LogP contribution >= 0.6 is 0 Å². The Bertz CT molecular complexity index is 459. The van der Waals surface area contributed by atoms with Gasteiger partial charge in [0.05, 0.1) is 11.0 Å². The van der Waals surface area contributed by atoms with Gasteiger partial charge in [-0.25, -0.2) is 8.42 Å². The summed E-state index contributed by atoms with van der Waals surface area (Å²) in [4.78, 5) is 0. The average Bonchev–Trinajstić information content (AvgIpc) is 2.33. The van der Waals surface area contributed by atoms with Gasteiger partial charge in [-0.1, -0.05) is 31.4 Å². The molecule has 1 saturated carbocycles. The van der Waals surface area contributed by atoms with Gasteiger partial charge in [0.1, 0.15) is 0 Å². The van der Waals surface area contributed by atoms with Crippen LogP contribution in [0, 0.1) is 0 Å². The third kappa shape index (κ3) is 3.22. The van der Waals surface area contributed by atoms with Gasteiger partial charge in [0.15, 0.2) is 9.84 Å².